The Balaban J connectivity index is 2.00. The van der Waals surface area contributed by atoms with E-state index in [-0.39, 0.29) is 12.5 Å². The number of aliphatic carboxylic acids is 1. The minimum absolute atomic E-state index is 0.0872. The van der Waals surface area contributed by atoms with Crippen LogP contribution < -0.4 is 16.2 Å². The van der Waals surface area contributed by atoms with Crippen LogP contribution in [0.1, 0.15) is 65.7 Å². The van der Waals surface area contributed by atoms with E-state index in [1.807, 2.05) is 0 Å². The monoisotopic (exact) mass is 421 g/mol. The number of carboxylic acid groups (broad SMARTS) is 1. The molecule has 2 aliphatic rings. The molecule has 2 fully saturated rings. The summed E-state index contributed by atoms with van der Waals surface area (Å²) in [6.07, 6.45) is 6.68. The van der Waals surface area contributed by atoms with Crippen LogP contribution in [0.2, 0.25) is 0 Å². The Hall–Kier alpha value is -3.04. The third-order valence-electron chi connectivity index (χ3n) is 5.68. The molecule has 0 bridgehead atoms. The van der Waals surface area contributed by atoms with Crippen molar-refractivity contribution in [3.63, 3.8) is 0 Å². The van der Waals surface area contributed by atoms with E-state index in [0.29, 0.717) is 12.5 Å². The van der Waals surface area contributed by atoms with Gasteiger partial charge in [-0.05, 0) is 37.5 Å². The van der Waals surface area contributed by atoms with Gasteiger partial charge in [-0.2, -0.15) is 0 Å². The van der Waals surface area contributed by atoms with Gasteiger partial charge in [-0.3, -0.25) is 23.7 Å². The van der Waals surface area contributed by atoms with Gasteiger partial charge in [0, 0.05) is 13.1 Å². The second-order valence-corrected chi connectivity index (χ2v) is 8.07. The van der Waals surface area contributed by atoms with Crippen molar-refractivity contribution in [3.8, 4) is 11.6 Å². The Kier molecular flexibility index (Phi) is 6.63. The number of nitrogens with zero attached hydrogens (tertiary/aromatic N) is 1. The number of amides is 2. The summed E-state index contributed by atoms with van der Waals surface area (Å²) in [5.74, 6) is -4.53. The van der Waals surface area contributed by atoms with Gasteiger partial charge >= 0.3 is 5.97 Å². The van der Waals surface area contributed by atoms with Crippen molar-refractivity contribution in [1.29, 1.82) is 0 Å². The first-order chi connectivity index (χ1) is 14.3. The van der Waals surface area contributed by atoms with E-state index in [4.69, 9.17) is 5.11 Å². The zero-order chi connectivity index (χ0) is 21.8. The lowest BCUT2D eigenvalue weighted by Gasteiger charge is -2.24. The van der Waals surface area contributed by atoms with Gasteiger partial charge in [-0.1, -0.05) is 19.3 Å². The Morgan fingerprint density at radius 3 is 2.13 bits per heavy atom. The number of hydrogen-bond acceptors (Lipinski definition) is 6. The van der Waals surface area contributed by atoms with Crippen molar-refractivity contribution >= 4 is 17.8 Å². The summed E-state index contributed by atoms with van der Waals surface area (Å²) in [5.41, 5.74) is -2.17. The molecule has 5 N–H and O–H groups in total. The summed E-state index contributed by atoms with van der Waals surface area (Å²) in [5, 5.41) is 34.6. The lowest BCUT2D eigenvalue weighted by molar-refractivity contribution is -0.135. The van der Waals surface area contributed by atoms with Crippen molar-refractivity contribution in [3.05, 3.63) is 21.5 Å². The normalized spacial score (nSPS) is 16.8. The summed E-state index contributed by atoms with van der Waals surface area (Å²) >= 11 is 0. The average Bonchev–Trinajstić information content (AvgIpc) is 3.53. The molecule has 0 aromatic carbocycles. The van der Waals surface area contributed by atoms with Gasteiger partial charge in [0.25, 0.3) is 17.4 Å². The van der Waals surface area contributed by atoms with Crippen molar-refractivity contribution in [2.75, 3.05) is 13.1 Å². The fourth-order valence-electron chi connectivity index (χ4n) is 3.80. The quantitative estimate of drug-likeness (QED) is 0.415. The molecule has 0 atom stereocenters. The van der Waals surface area contributed by atoms with E-state index in [1.54, 1.807) is 0 Å². The fourth-order valence-corrected chi connectivity index (χ4v) is 3.80. The predicted octanol–water partition coefficient (Wildman–Crippen LogP) is 0.794. The molecule has 0 radical (unpaired) electrons. The van der Waals surface area contributed by atoms with Gasteiger partial charge in [0.2, 0.25) is 5.88 Å². The van der Waals surface area contributed by atoms with E-state index in [9.17, 15) is 29.4 Å². The number of carbonyl (C=O) groups excluding carboxylic acids is 2. The minimum atomic E-state index is -1.32. The first kappa shape index (κ1) is 21.7. The van der Waals surface area contributed by atoms with Crippen LogP contribution in [0.5, 0.6) is 11.6 Å². The smallest absolute Gasteiger partial charge is 0.322 e. The van der Waals surface area contributed by atoms with Crippen LogP contribution in [0.15, 0.2) is 4.79 Å². The molecule has 0 spiro atoms. The van der Waals surface area contributed by atoms with Crippen LogP contribution in [0.4, 0.5) is 0 Å². The standard InChI is InChI=1S/C20H27N3O7/c24-13(25)9-22-18(28)15-16(26)14(17(27)21-8-11-6-7-11)19(29)23(20(15)30)10-12-4-2-1-3-5-12/h11-12,26,30H,1-10H2,(H,21,27)(H,22,28)(H,24,25). The third-order valence-corrected chi connectivity index (χ3v) is 5.68. The van der Waals surface area contributed by atoms with Gasteiger partial charge in [-0.25, -0.2) is 0 Å². The van der Waals surface area contributed by atoms with Crippen molar-refractivity contribution < 1.29 is 29.7 Å². The number of carboxylic acids is 1. The van der Waals surface area contributed by atoms with Gasteiger partial charge in [0.05, 0.1) is 0 Å². The molecule has 2 saturated carbocycles. The minimum Gasteiger partial charge on any atom is -0.506 e. The summed E-state index contributed by atoms with van der Waals surface area (Å²) in [6.45, 7) is -0.294. The number of pyridine rings is 1. The molecule has 1 aromatic heterocycles. The van der Waals surface area contributed by atoms with Gasteiger partial charge in [0.1, 0.15) is 17.7 Å². The second-order valence-electron chi connectivity index (χ2n) is 8.07. The van der Waals surface area contributed by atoms with Crippen LogP contribution in [0.25, 0.3) is 0 Å². The number of aromatic nitrogens is 1. The van der Waals surface area contributed by atoms with E-state index in [2.05, 4.69) is 10.6 Å². The average molecular weight is 421 g/mol. The highest BCUT2D eigenvalue weighted by Gasteiger charge is 2.31. The maximum atomic E-state index is 13.0. The highest BCUT2D eigenvalue weighted by atomic mass is 16.4. The van der Waals surface area contributed by atoms with Gasteiger partial charge in [0.15, 0.2) is 5.75 Å². The second kappa shape index (κ2) is 9.19. The molecule has 1 aromatic rings. The van der Waals surface area contributed by atoms with Gasteiger partial charge < -0.3 is 26.0 Å². The topological polar surface area (TPSA) is 158 Å². The molecule has 1 heterocycles. The molecule has 30 heavy (non-hydrogen) atoms. The number of aromatic hydroxyl groups is 2. The molecular formula is C20H27N3O7. The Morgan fingerprint density at radius 2 is 1.53 bits per heavy atom. The maximum Gasteiger partial charge on any atom is 0.322 e. The van der Waals surface area contributed by atoms with Crippen molar-refractivity contribution in [2.45, 2.75) is 51.5 Å². The lowest BCUT2D eigenvalue weighted by Crippen LogP contribution is -2.37. The molecule has 164 valence electrons. The molecule has 3 rings (SSSR count). The highest BCUT2D eigenvalue weighted by Crippen LogP contribution is 2.32. The maximum absolute atomic E-state index is 13.0. The summed E-state index contributed by atoms with van der Waals surface area (Å²) in [7, 11) is 0. The van der Waals surface area contributed by atoms with Crippen LogP contribution in [-0.4, -0.2) is 50.8 Å². The van der Waals surface area contributed by atoms with Crippen LogP contribution in [0.3, 0.4) is 0 Å². The first-order valence-electron chi connectivity index (χ1n) is 10.3. The molecule has 0 saturated heterocycles. The van der Waals surface area contributed by atoms with E-state index < -0.39 is 52.6 Å². The zero-order valence-electron chi connectivity index (χ0n) is 16.6. The third kappa shape index (κ3) is 4.92. The van der Waals surface area contributed by atoms with Gasteiger partial charge in [-0.15, -0.1) is 0 Å². The molecule has 2 amide bonds. The Bertz CT molecular complexity index is 899. The van der Waals surface area contributed by atoms with Crippen LogP contribution >= 0.6 is 0 Å². The Morgan fingerprint density at radius 1 is 0.900 bits per heavy atom. The molecule has 10 nitrogen and oxygen atoms in total. The summed E-state index contributed by atoms with van der Waals surface area (Å²) in [4.78, 5) is 48.8. The largest absolute Gasteiger partial charge is 0.506 e. The van der Waals surface area contributed by atoms with E-state index in [0.717, 1.165) is 49.5 Å². The number of carbonyl (C=O) groups is 3. The highest BCUT2D eigenvalue weighted by molar-refractivity contribution is 6.05. The van der Waals surface area contributed by atoms with Crippen molar-refractivity contribution in [2.24, 2.45) is 11.8 Å². The van der Waals surface area contributed by atoms with E-state index in [1.165, 1.54) is 0 Å². The zero-order valence-corrected chi connectivity index (χ0v) is 16.6. The lowest BCUT2D eigenvalue weighted by atomic mass is 9.89. The number of rotatable bonds is 8. The predicted molar refractivity (Wildman–Crippen MR) is 106 cm³/mol. The molecular weight excluding hydrogens is 394 g/mol. The molecule has 10 heteroatoms. The summed E-state index contributed by atoms with van der Waals surface area (Å²) < 4.78 is 0.942. The summed E-state index contributed by atoms with van der Waals surface area (Å²) in [6, 6.07) is 0. The fraction of sp³-hybridized carbons (Fsp3) is 0.600. The molecule has 0 aliphatic heterocycles. The SMILES string of the molecule is O=C(O)CNC(=O)c1c(O)c(C(=O)NCC2CC2)c(=O)n(CC2CCCCC2)c1O. The number of nitrogens with one attached hydrogen (secondary N) is 2. The molecule has 2 aliphatic carbocycles. The van der Waals surface area contributed by atoms with E-state index >= 15 is 0 Å². The first-order valence-corrected chi connectivity index (χ1v) is 10.3. The van der Waals surface area contributed by atoms with Crippen LogP contribution in [0, 0.1) is 11.8 Å². The van der Waals surface area contributed by atoms with Crippen LogP contribution in [-0.2, 0) is 11.3 Å². The van der Waals surface area contributed by atoms with Crippen molar-refractivity contribution in [1.82, 2.24) is 15.2 Å². The molecule has 0 unspecified atom stereocenters. The Labute approximate surface area is 172 Å². The number of hydrogen-bond donors (Lipinski definition) is 5.